The second-order valence-electron chi connectivity index (χ2n) is 8.00. The third kappa shape index (κ3) is 4.82. The topological polar surface area (TPSA) is 53.3 Å². The van der Waals surface area contributed by atoms with Crippen molar-refractivity contribution in [3.63, 3.8) is 0 Å². The number of rotatable bonds is 11. The predicted molar refractivity (Wildman–Crippen MR) is 96.0 cm³/mol. The molecule has 0 amide bonds. The first-order valence-corrected chi connectivity index (χ1v) is 9.78. The zero-order valence-corrected chi connectivity index (χ0v) is 15.2. The summed E-state index contributed by atoms with van der Waals surface area (Å²) >= 11 is 0. The van der Waals surface area contributed by atoms with Crippen molar-refractivity contribution >= 4 is 0 Å². The van der Waals surface area contributed by atoms with Gasteiger partial charge in [0.05, 0.1) is 57.4 Å². The lowest BCUT2D eigenvalue weighted by atomic mass is 10.1. The molecule has 0 spiro atoms. The van der Waals surface area contributed by atoms with Crippen molar-refractivity contribution in [2.24, 2.45) is 0 Å². The first-order chi connectivity index (χ1) is 12.8. The Bertz CT molecular complexity index is 598. The molecule has 5 rings (SSSR count). The van der Waals surface area contributed by atoms with E-state index < -0.39 is 0 Å². The van der Waals surface area contributed by atoms with Gasteiger partial charge in [0, 0.05) is 32.7 Å². The van der Waals surface area contributed by atoms with Crippen LogP contribution < -0.4 is 0 Å². The molecule has 4 heterocycles. The van der Waals surface area contributed by atoms with E-state index >= 15 is 0 Å². The summed E-state index contributed by atoms with van der Waals surface area (Å²) in [5.41, 5.74) is 2.75. The SMILES string of the molecule is c1cc(CN(CC2CO2)CC2CO2)cc(CN(CC2CO2)C2COC2)c1. The highest BCUT2D eigenvalue weighted by Crippen LogP contribution is 2.22. The van der Waals surface area contributed by atoms with Gasteiger partial charge in [-0.2, -0.15) is 0 Å². The Balaban J connectivity index is 1.21. The maximum Gasteiger partial charge on any atom is 0.0936 e. The number of epoxide rings is 3. The van der Waals surface area contributed by atoms with Gasteiger partial charge in [0.2, 0.25) is 0 Å². The minimum atomic E-state index is 0.421. The van der Waals surface area contributed by atoms with Gasteiger partial charge >= 0.3 is 0 Å². The van der Waals surface area contributed by atoms with Crippen LogP contribution in [0.3, 0.4) is 0 Å². The zero-order chi connectivity index (χ0) is 17.3. The fourth-order valence-electron chi connectivity index (χ4n) is 3.66. The Morgan fingerprint density at radius 2 is 1.35 bits per heavy atom. The van der Waals surface area contributed by atoms with Gasteiger partial charge in [0.25, 0.3) is 0 Å². The van der Waals surface area contributed by atoms with Crippen LogP contribution in [0.25, 0.3) is 0 Å². The maximum atomic E-state index is 5.44. The molecule has 0 aromatic heterocycles. The minimum absolute atomic E-state index is 0.421. The second-order valence-corrected chi connectivity index (χ2v) is 8.00. The molecule has 0 radical (unpaired) electrons. The highest BCUT2D eigenvalue weighted by molar-refractivity contribution is 5.24. The number of hydrogen-bond donors (Lipinski definition) is 0. The van der Waals surface area contributed by atoms with Crippen molar-refractivity contribution in [3.05, 3.63) is 35.4 Å². The highest BCUT2D eigenvalue weighted by Gasteiger charge is 2.33. The molecule has 4 aliphatic heterocycles. The van der Waals surface area contributed by atoms with Crippen molar-refractivity contribution in [2.75, 3.05) is 52.7 Å². The van der Waals surface area contributed by atoms with E-state index in [0.29, 0.717) is 24.4 Å². The van der Waals surface area contributed by atoms with Crippen LogP contribution in [-0.2, 0) is 32.0 Å². The lowest BCUT2D eigenvalue weighted by Crippen LogP contribution is -2.49. The number of hydrogen-bond acceptors (Lipinski definition) is 6. The lowest BCUT2D eigenvalue weighted by molar-refractivity contribution is -0.0694. The summed E-state index contributed by atoms with van der Waals surface area (Å²) in [6.07, 6.45) is 1.26. The normalized spacial score (nSPS) is 29.8. The maximum absolute atomic E-state index is 5.44. The molecule has 0 aliphatic carbocycles. The van der Waals surface area contributed by atoms with E-state index in [1.807, 2.05) is 0 Å². The van der Waals surface area contributed by atoms with Crippen LogP contribution in [0, 0.1) is 0 Å². The molecule has 142 valence electrons. The van der Waals surface area contributed by atoms with Crippen molar-refractivity contribution in [1.82, 2.24) is 9.80 Å². The van der Waals surface area contributed by atoms with Crippen LogP contribution in [0.1, 0.15) is 11.1 Å². The Morgan fingerprint density at radius 3 is 1.88 bits per heavy atom. The van der Waals surface area contributed by atoms with E-state index in [1.165, 1.54) is 11.1 Å². The summed E-state index contributed by atoms with van der Waals surface area (Å²) in [4.78, 5) is 5.00. The van der Waals surface area contributed by atoms with Gasteiger partial charge in [-0.25, -0.2) is 0 Å². The van der Waals surface area contributed by atoms with Crippen molar-refractivity contribution < 1.29 is 18.9 Å². The summed E-state index contributed by atoms with van der Waals surface area (Å²) < 4.78 is 21.7. The van der Waals surface area contributed by atoms with E-state index in [9.17, 15) is 0 Å². The fourth-order valence-corrected chi connectivity index (χ4v) is 3.66. The van der Waals surface area contributed by atoms with Gasteiger partial charge < -0.3 is 18.9 Å². The van der Waals surface area contributed by atoms with Crippen LogP contribution in [0.5, 0.6) is 0 Å². The van der Waals surface area contributed by atoms with E-state index in [-0.39, 0.29) is 0 Å². The van der Waals surface area contributed by atoms with Crippen LogP contribution >= 0.6 is 0 Å². The molecule has 0 bridgehead atoms. The average Bonchev–Trinajstić information content (AvgIpc) is 3.39. The summed E-state index contributed by atoms with van der Waals surface area (Å²) in [5, 5.41) is 0. The summed E-state index contributed by atoms with van der Waals surface area (Å²) in [7, 11) is 0. The van der Waals surface area contributed by atoms with Gasteiger partial charge in [-0.15, -0.1) is 0 Å². The molecule has 0 saturated carbocycles. The van der Waals surface area contributed by atoms with Crippen molar-refractivity contribution in [1.29, 1.82) is 0 Å². The standard InChI is InChI=1S/C20H28N2O4/c1-2-15(5-21(7-18-12-24-18)8-19-13-25-19)4-16(3-1)6-22(9-20-14-26-20)17-10-23-11-17/h1-4,17-20H,5-14H2. The molecule has 4 fully saturated rings. The van der Waals surface area contributed by atoms with Crippen molar-refractivity contribution in [3.8, 4) is 0 Å². The van der Waals surface area contributed by atoms with Crippen LogP contribution in [0.2, 0.25) is 0 Å². The number of nitrogens with zero attached hydrogens (tertiary/aromatic N) is 2. The third-order valence-corrected chi connectivity index (χ3v) is 5.49. The number of benzene rings is 1. The van der Waals surface area contributed by atoms with Crippen LogP contribution in [0.4, 0.5) is 0 Å². The largest absolute Gasteiger partial charge is 0.378 e. The molecule has 6 nitrogen and oxygen atoms in total. The Kier molecular flexibility index (Phi) is 4.96. The fraction of sp³-hybridized carbons (Fsp3) is 0.700. The third-order valence-electron chi connectivity index (χ3n) is 5.49. The Hall–Kier alpha value is -1.02. The number of ether oxygens (including phenoxy) is 4. The van der Waals surface area contributed by atoms with E-state index in [0.717, 1.165) is 65.8 Å². The average molecular weight is 360 g/mol. The molecule has 1 aromatic rings. The molecule has 0 N–H and O–H groups in total. The molecule has 6 heteroatoms. The second kappa shape index (κ2) is 7.54. The van der Waals surface area contributed by atoms with Gasteiger partial charge in [-0.3, -0.25) is 9.80 Å². The first kappa shape index (κ1) is 17.1. The predicted octanol–water partition coefficient (Wildman–Crippen LogP) is 0.886. The molecular weight excluding hydrogens is 332 g/mol. The van der Waals surface area contributed by atoms with E-state index in [4.69, 9.17) is 18.9 Å². The summed E-state index contributed by atoms with van der Waals surface area (Å²) in [6.45, 7) is 9.39. The molecule has 3 unspecified atom stereocenters. The Labute approximate surface area is 154 Å². The van der Waals surface area contributed by atoms with Crippen LogP contribution in [0.15, 0.2) is 24.3 Å². The van der Waals surface area contributed by atoms with Gasteiger partial charge in [0.15, 0.2) is 0 Å². The van der Waals surface area contributed by atoms with Gasteiger partial charge in [-0.05, 0) is 11.1 Å². The monoisotopic (exact) mass is 360 g/mol. The molecule has 26 heavy (non-hydrogen) atoms. The first-order valence-electron chi connectivity index (χ1n) is 9.78. The molecule has 3 atom stereocenters. The van der Waals surface area contributed by atoms with E-state index in [1.54, 1.807) is 0 Å². The Morgan fingerprint density at radius 1 is 0.769 bits per heavy atom. The molecule has 1 aromatic carbocycles. The smallest absolute Gasteiger partial charge is 0.0936 e. The molecular formula is C20H28N2O4. The summed E-state index contributed by atoms with van der Waals surface area (Å²) in [5.74, 6) is 0. The minimum Gasteiger partial charge on any atom is -0.378 e. The van der Waals surface area contributed by atoms with Crippen molar-refractivity contribution in [2.45, 2.75) is 37.4 Å². The molecule has 4 saturated heterocycles. The zero-order valence-electron chi connectivity index (χ0n) is 15.2. The van der Waals surface area contributed by atoms with Gasteiger partial charge in [-0.1, -0.05) is 24.3 Å². The van der Waals surface area contributed by atoms with E-state index in [2.05, 4.69) is 34.1 Å². The lowest BCUT2D eigenvalue weighted by Gasteiger charge is -2.37. The quantitative estimate of drug-likeness (QED) is 0.546. The van der Waals surface area contributed by atoms with Crippen LogP contribution in [-0.4, -0.2) is 86.8 Å². The molecule has 4 aliphatic rings. The summed E-state index contributed by atoms with van der Waals surface area (Å²) in [6, 6.07) is 9.56. The van der Waals surface area contributed by atoms with Gasteiger partial charge in [0.1, 0.15) is 0 Å². The highest BCUT2D eigenvalue weighted by atomic mass is 16.6.